The van der Waals surface area contributed by atoms with Crippen molar-refractivity contribution in [3.63, 3.8) is 0 Å². The van der Waals surface area contributed by atoms with E-state index in [9.17, 15) is 8.42 Å². The second-order valence-electron chi connectivity index (χ2n) is 7.41. The molecule has 7 heteroatoms. The van der Waals surface area contributed by atoms with E-state index in [0.29, 0.717) is 16.6 Å². The van der Waals surface area contributed by atoms with Crippen LogP contribution < -0.4 is 0 Å². The zero-order valence-corrected chi connectivity index (χ0v) is 16.8. The van der Waals surface area contributed by atoms with Gasteiger partial charge in [-0.3, -0.25) is 9.88 Å². The summed E-state index contributed by atoms with van der Waals surface area (Å²) in [7, 11) is -3.73. The number of hydrogen-bond acceptors (Lipinski definition) is 4. The van der Waals surface area contributed by atoms with Crippen molar-refractivity contribution in [2.75, 3.05) is 13.1 Å². The fourth-order valence-electron chi connectivity index (χ4n) is 4.37. The third-order valence-electron chi connectivity index (χ3n) is 5.82. The van der Waals surface area contributed by atoms with Crippen LogP contribution in [0.4, 0.5) is 0 Å². The number of hydrogen-bond donors (Lipinski definition) is 0. The first-order valence-corrected chi connectivity index (χ1v) is 11.3. The van der Waals surface area contributed by atoms with Gasteiger partial charge in [-0.25, -0.2) is 12.4 Å². The molecule has 3 aromatic rings. The lowest BCUT2D eigenvalue weighted by Crippen LogP contribution is -2.32. The van der Waals surface area contributed by atoms with Crippen molar-refractivity contribution >= 4 is 38.1 Å². The van der Waals surface area contributed by atoms with E-state index in [1.165, 1.54) is 22.4 Å². The summed E-state index contributed by atoms with van der Waals surface area (Å²) >= 11 is 5.93. The van der Waals surface area contributed by atoms with E-state index in [2.05, 4.69) is 16.0 Å². The van der Waals surface area contributed by atoms with Crippen molar-refractivity contribution in [1.82, 2.24) is 13.9 Å². The summed E-state index contributed by atoms with van der Waals surface area (Å²) in [5.41, 5.74) is 2.83. The fourth-order valence-corrected chi connectivity index (χ4v) is 5.86. The lowest BCUT2D eigenvalue weighted by Gasteiger charge is -2.29. The van der Waals surface area contributed by atoms with Crippen LogP contribution in [0.15, 0.2) is 59.9 Å². The lowest BCUT2D eigenvalue weighted by molar-refractivity contribution is 0.275. The molecule has 0 N–H and O–H groups in total. The van der Waals surface area contributed by atoms with E-state index < -0.39 is 10.0 Å². The van der Waals surface area contributed by atoms with Gasteiger partial charge in [-0.2, -0.15) is 0 Å². The Labute approximate surface area is 169 Å². The van der Waals surface area contributed by atoms with E-state index in [1.54, 1.807) is 48.9 Å². The number of halogens is 1. The maximum absolute atomic E-state index is 13.3. The van der Waals surface area contributed by atoms with Gasteiger partial charge < -0.3 is 0 Å². The van der Waals surface area contributed by atoms with Crippen LogP contribution in [0.5, 0.6) is 0 Å². The molecule has 0 saturated carbocycles. The molecule has 28 heavy (non-hydrogen) atoms. The second-order valence-corrected chi connectivity index (χ2v) is 9.67. The topological polar surface area (TPSA) is 55.2 Å². The van der Waals surface area contributed by atoms with Gasteiger partial charge in [0.25, 0.3) is 10.0 Å². The highest BCUT2D eigenvalue weighted by Gasteiger charge is 2.30. The van der Waals surface area contributed by atoms with Crippen LogP contribution in [0.25, 0.3) is 16.5 Å². The van der Waals surface area contributed by atoms with E-state index in [1.807, 2.05) is 0 Å². The molecule has 1 saturated heterocycles. The van der Waals surface area contributed by atoms with Crippen LogP contribution in [-0.2, 0) is 10.0 Å². The Hall–Kier alpha value is -2.15. The SMILES string of the molecule is O=S(=O)(c1ccc(Cl)cc1)n1cc(C2=CCN3CCCC3C2)c2cnccc21. The standard InChI is InChI=1S/C21H20ClN3O2S/c22-16-3-5-18(6-4-16)28(26,27)25-14-20(19-13-23-9-7-21(19)25)15-8-11-24-10-1-2-17(24)12-15/h3-9,13-14,17H,1-2,10-12H2. The van der Waals surface area contributed by atoms with Gasteiger partial charge in [-0.05, 0) is 61.7 Å². The molecule has 1 unspecified atom stereocenters. The molecule has 144 valence electrons. The van der Waals surface area contributed by atoms with Crippen molar-refractivity contribution in [3.05, 3.63) is 65.6 Å². The maximum Gasteiger partial charge on any atom is 0.268 e. The largest absolute Gasteiger partial charge is 0.296 e. The minimum atomic E-state index is -3.73. The Kier molecular flexibility index (Phi) is 4.30. The third-order valence-corrected chi connectivity index (χ3v) is 7.76. The number of fused-ring (bicyclic) bond motifs is 2. The van der Waals surface area contributed by atoms with Crippen LogP contribution in [0.2, 0.25) is 5.02 Å². The summed E-state index contributed by atoms with van der Waals surface area (Å²) in [5.74, 6) is 0. The predicted octanol–water partition coefficient (Wildman–Crippen LogP) is 4.18. The minimum absolute atomic E-state index is 0.219. The number of benzene rings is 1. The van der Waals surface area contributed by atoms with Gasteiger partial charge in [0.05, 0.1) is 10.4 Å². The van der Waals surface area contributed by atoms with Gasteiger partial charge in [0, 0.05) is 47.1 Å². The summed E-state index contributed by atoms with van der Waals surface area (Å²) in [6.45, 7) is 2.08. The Bertz CT molecular complexity index is 1180. The summed E-state index contributed by atoms with van der Waals surface area (Å²) in [4.78, 5) is 6.98. The number of pyridine rings is 1. The second kappa shape index (κ2) is 6.72. The van der Waals surface area contributed by atoms with Crippen LogP contribution >= 0.6 is 11.6 Å². The van der Waals surface area contributed by atoms with Gasteiger partial charge in [0.2, 0.25) is 0 Å². The Balaban J connectivity index is 1.64. The minimum Gasteiger partial charge on any atom is -0.296 e. The predicted molar refractivity (Wildman–Crippen MR) is 111 cm³/mol. The van der Waals surface area contributed by atoms with E-state index in [-0.39, 0.29) is 4.90 Å². The van der Waals surface area contributed by atoms with Crippen LogP contribution in [0, 0.1) is 0 Å². The first-order chi connectivity index (χ1) is 13.5. The molecule has 2 aliphatic rings. The van der Waals surface area contributed by atoms with Crippen molar-refractivity contribution in [2.24, 2.45) is 0 Å². The van der Waals surface area contributed by atoms with Gasteiger partial charge in [-0.15, -0.1) is 0 Å². The maximum atomic E-state index is 13.3. The smallest absolute Gasteiger partial charge is 0.268 e. The van der Waals surface area contributed by atoms with Gasteiger partial charge in [0.15, 0.2) is 0 Å². The molecule has 1 aromatic carbocycles. The molecule has 2 aromatic heterocycles. The molecule has 0 bridgehead atoms. The summed E-state index contributed by atoms with van der Waals surface area (Å²) in [5, 5.41) is 1.38. The van der Waals surface area contributed by atoms with E-state index in [0.717, 1.165) is 30.5 Å². The molecule has 2 aliphatic heterocycles. The lowest BCUT2D eigenvalue weighted by atomic mass is 9.94. The zero-order valence-electron chi connectivity index (χ0n) is 15.3. The number of rotatable bonds is 3. The van der Waals surface area contributed by atoms with E-state index >= 15 is 0 Å². The summed E-state index contributed by atoms with van der Waals surface area (Å²) in [6, 6.07) is 8.60. The van der Waals surface area contributed by atoms with Crippen molar-refractivity contribution in [1.29, 1.82) is 0 Å². The molecular formula is C21H20ClN3O2S. The van der Waals surface area contributed by atoms with Gasteiger partial charge in [-0.1, -0.05) is 17.7 Å². The third kappa shape index (κ3) is 2.87. The molecule has 0 amide bonds. The molecule has 0 radical (unpaired) electrons. The highest BCUT2D eigenvalue weighted by molar-refractivity contribution is 7.90. The van der Waals surface area contributed by atoms with Crippen molar-refractivity contribution in [2.45, 2.75) is 30.2 Å². The summed E-state index contributed by atoms with van der Waals surface area (Å²) < 4.78 is 28.0. The van der Waals surface area contributed by atoms with E-state index in [4.69, 9.17) is 11.6 Å². The monoisotopic (exact) mass is 413 g/mol. The first-order valence-electron chi connectivity index (χ1n) is 9.44. The Morgan fingerprint density at radius 3 is 2.79 bits per heavy atom. The van der Waals surface area contributed by atoms with Crippen LogP contribution in [0.3, 0.4) is 0 Å². The summed E-state index contributed by atoms with van der Waals surface area (Å²) in [6.07, 6.45) is 10.8. The molecular weight excluding hydrogens is 394 g/mol. The molecule has 1 atom stereocenters. The normalized spacial score (nSPS) is 20.3. The first kappa shape index (κ1) is 17.9. The average molecular weight is 414 g/mol. The quantitative estimate of drug-likeness (QED) is 0.646. The highest BCUT2D eigenvalue weighted by Crippen LogP contribution is 2.36. The fraction of sp³-hybridized carbons (Fsp3) is 0.286. The Morgan fingerprint density at radius 2 is 1.96 bits per heavy atom. The van der Waals surface area contributed by atoms with Crippen LogP contribution in [-0.4, -0.2) is 41.4 Å². The van der Waals surface area contributed by atoms with Gasteiger partial charge in [0.1, 0.15) is 0 Å². The molecule has 0 spiro atoms. The average Bonchev–Trinajstić information content (AvgIpc) is 3.32. The molecule has 5 rings (SSSR count). The Morgan fingerprint density at radius 1 is 1.14 bits per heavy atom. The molecule has 0 aliphatic carbocycles. The highest BCUT2D eigenvalue weighted by atomic mass is 35.5. The van der Waals surface area contributed by atoms with Crippen molar-refractivity contribution < 1.29 is 8.42 Å². The van der Waals surface area contributed by atoms with Gasteiger partial charge >= 0.3 is 0 Å². The zero-order chi connectivity index (χ0) is 19.3. The number of nitrogens with zero attached hydrogens (tertiary/aromatic N) is 3. The molecule has 4 heterocycles. The van der Waals surface area contributed by atoms with Crippen molar-refractivity contribution in [3.8, 4) is 0 Å². The molecule has 1 fully saturated rings. The number of aromatic nitrogens is 2. The molecule has 5 nitrogen and oxygen atoms in total. The van der Waals surface area contributed by atoms with Crippen LogP contribution in [0.1, 0.15) is 24.8 Å².